The maximum atomic E-state index is 6.39. The third kappa shape index (κ3) is 2.28. The summed E-state index contributed by atoms with van der Waals surface area (Å²) in [5.74, 6) is 1.41. The quantitative estimate of drug-likeness (QED) is 0.855. The van der Waals surface area contributed by atoms with Gasteiger partial charge in [0.05, 0.1) is 22.8 Å². The number of halogens is 1. The van der Waals surface area contributed by atoms with Crippen molar-refractivity contribution in [1.82, 2.24) is 0 Å². The van der Waals surface area contributed by atoms with Gasteiger partial charge >= 0.3 is 0 Å². The molecule has 108 valence electrons. The van der Waals surface area contributed by atoms with Gasteiger partial charge < -0.3 is 10.6 Å². The summed E-state index contributed by atoms with van der Waals surface area (Å²) in [6.45, 7) is 3.15. The van der Waals surface area contributed by atoms with Crippen molar-refractivity contribution in [3.63, 3.8) is 0 Å². The van der Waals surface area contributed by atoms with Crippen molar-refractivity contribution in [1.29, 1.82) is 0 Å². The van der Waals surface area contributed by atoms with Crippen molar-refractivity contribution < 1.29 is 0 Å². The second-order valence-electron chi connectivity index (χ2n) is 6.22. The van der Waals surface area contributed by atoms with Gasteiger partial charge in [-0.1, -0.05) is 43.5 Å². The van der Waals surface area contributed by atoms with Crippen LogP contribution in [0.3, 0.4) is 0 Å². The van der Waals surface area contributed by atoms with Gasteiger partial charge in [0.15, 0.2) is 5.96 Å². The van der Waals surface area contributed by atoms with E-state index in [1.165, 1.54) is 19.3 Å². The van der Waals surface area contributed by atoms with Crippen LogP contribution in [0.2, 0.25) is 5.02 Å². The minimum atomic E-state index is 0.0415. The molecule has 1 spiro atoms. The van der Waals surface area contributed by atoms with E-state index in [-0.39, 0.29) is 5.54 Å². The molecule has 0 aromatic heterocycles. The lowest BCUT2D eigenvalue weighted by Gasteiger charge is -2.39. The smallest absolute Gasteiger partial charge is 0.196 e. The maximum absolute atomic E-state index is 6.39. The van der Waals surface area contributed by atoms with E-state index in [1.807, 2.05) is 24.3 Å². The zero-order valence-electron chi connectivity index (χ0n) is 12.0. The molecule has 1 heterocycles. The maximum Gasteiger partial charge on any atom is 0.196 e. The predicted octanol–water partition coefficient (Wildman–Crippen LogP) is 3.81. The molecular weight excluding hydrogens is 270 g/mol. The Morgan fingerprint density at radius 3 is 2.90 bits per heavy atom. The number of benzene rings is 1. The Balaban J connectivity index is 1.98. The highest BCUT2D eigenvalue weighted by Crippen LogP contribution is 2.42. The molecule has 0 amide bonds. The van der Waals surface area contributed by atoms with Crippen molar-refractivity contribution in [2.45, 2.75) is 44.6 Å². The Labute approximate surface area is 125 Å². The topological polar surface area (TPSA) is 41.6 Å². The third-order valence-electron chi connectivity index (χ3n) is 4.77. The van der Waals surface area contributed by atoms with E-state index < -0.39 is 0 Å². The molecule has 1 aromatic carbocycles. The van der Waals surface area contributed by atoms with Crippen LogP contribution in [-0.2, 0) is 0 Å². The fraction of sp³-hybridized carbons (Fsp3) is 0.562. The summed E-state index contributed by atoms with van der Waals surface area (Å²) in [6, 6.07) is 7.94. The van der Waals surface area contributed by atoms with E-state index in [1.54, 1.807) is 0 Å². The molecule has 1 aromatic rings. The second-order valence-corrected chi connectivity index (χ2v) is 6.63. The molecule has 1 fully saturated rings. The number of guanidine groups is 1. The van der Waals surface area contributed by atoms with Crippen molar-refractivity contribution in [3.8, 4) is 0 Å². The van der Waals surface area contributed by atoms with E-state index in [4.69, 9.17) is 17.3 Å². The fourth-order valence-corrected chi connectivity index (χ4v) is 3.79. The van der Waals surface area contributed by atoms with Crippen molar-refractivity contribution in [2.75, 3.05) is 11.4 Å². The van der Waals surface area contributed by atoms with Gasteiger partial charge in [-0.3, -0.25) is 4.99 Å². The summed E-state index contributed by atoms with van der Waals surface area (Å²) >= 11 is 6.39. The zero-order valence-corrected chi connectivity index (χ0v) is 12.7. The fourth-order valence-electron chi connectivity index (χ4n) is 3.57. The van der Waals surface area contributed by atoms with E-state index >= 15 is 0 Å². The first-order valence-corrected chi connectivity index (χ1v) is 7.85. The van der Waals surface area contributed by atoms with Crippen LogP contribution in [0.5, 0.6) is 0 Å². The van der Waals surface area contributed by atoms with Crippen LogP contribution in [0.15, 0.2) is 29.3 Å². The number of nitrogens with zero attached hydrogens (tertiary/aromatic N) is 2. The standard InChI is InChI=1S/C16H22ClN3/c1-12-5-4-9-16(10-8-12)11-19-15(18)20(16)14-7-3-2-6-13(14)17/h2-3,6-7,12H,4-5,8-11H2,1H3,(H2,18,19). The molecule has 1 aliphatic heterocycles. The number of hydrogen-bond donors (Lipinski definition) is 1. The normalized spacial score (nSPS) is 30.4. The van der Waals surface area contributed by atoms with Crippen LogP contribution in [-0.4, -0.2) is 18.0 Å². The second kappa shape index (κ2) is 5.28. The van der Waals surface area contributed by atoms with Crippen LogP contribution in [0.4, 0.5) is 5.69 Å². The number of hydrogen-bond acceptors (Lipinski definition) is 3. The molecule has 2 aliphatic rings. The first-order chi connectivity index (χ1) is 9.62. The van der Waals surface area contributed by atoms with E-state index in [9.17, 15) is 0 Å². The van der Waals surface area contributed by atoms with Crippen molar-refractivity contribution in [2.24, 2.45) is 16.6 Å². The first kappa shape index (κ1) is 13.7. The highest BCUT2D eigenvalue weighted by molar-refractivity contribution is 6.34. The summed E-state index contributed by atoms with van der Waals surface area (Å²) in [5.41, 5.74) is 7.23. The van der Waals surface area contributed by atoms with Gasteiger partial charge in [0.2, 0.25) is 0 Å². The number of anilines is 1. The summed E-state index contributed by atoms with van der Waals surface area (Å²) in [5, 5.41) is 0.754. The van der Waals surface area contributed by atoms with Crippen LogP contribution in [0.25, 0.3) is 0 Å². The highest BCUT2D eigenvalue weighted by Gasteiger charge is 2.44. The first-order valence-electron chi connectivity index (χ1n) is 7.47. The van der Waals surface area contributed by atoms with Crippen LogP contribution in [0.1, 0.15) is 39.0 Å². The SMILES string of the molecule is CC1CCCC2(CC1)CN=C(N)N2c1ccccc1Cl. The molecule has 1 aliphatic carbocycles. The highest BCUT2D eigenvalue weighted by atomic mass is 35.5. The third-order valence-corrected chi connectivity index (χ3v) is 5.09. The number of rotatable bonds is 1. The molecule has 2 unspecified atom stereocenters. The average molecular weight is 292 g/mol. The molecule has 20 heavy (non-hydrogen) atoms. The monoisotopic (exact) mass is 291 g/mol. The molecule has 3 rings (SSSR count). The molecule has 2 N–H and O–H groups in total. The number of para-hydroxylation sites is 1. The van der Waals surface area contributed by atoms with E-state index in [2.05, 4.69) is 16.8 Å². The Bertz CT molecular complexity index is 528. The summed E-state index contributed by atoms with van der Waals surface area (Å²) in [4.78, 5) is 6.74. The van der Waals surface area contributed by atoms with Crippen LogP contribution >= 0.6 is 11.6 Å². The van der Waals surface area contributed by atoms with E-state index in [0.717, 1.165) is 36.0 Å². The molecule has 2 atom stereocenters. The molecule has 0 radical (unpaired) electrons. The van der Waals surface area contributed by atoms with Gasteiger partial charge in [-0.05, 0) is 37.3 Å². The molecular formula is C16H22ClN3. The predicted molar refractivity (Wildman–Crippen MR) is 85.4 cm³/mol. The number of aliphatic imine (C=N–C) groups is 1. The van der Waals surface area contributed by atoms with Gasteiger partial charge in [0, 0.05) is 0 Å². The van der Waals surface area contributed by atoms with Gasteiger partial charge in [0.1, 0.15) is 0 Å². The van der Waals surface area contributed by atoms with Crippen LogP contribution < -0.4 is 10.6 Å². The zero-order chi connectivity index (χ0) is 14.2. The Morgan fingerprint density at radius 2 is 2.10 bits per heavy atom. The Hall–Kier alpha value is -1.22. The van der Waals surface area contributed by atoms with Gasteiger partial charge in [-0.25, -0.2) is 0 Å². The molecule has 0 bridgehead atoms. The van der Waals surface area contributed by atoms with Crippen molar-refractivity contribution >= 4 is 23.2 Å². The molecule has 4 heteroatoms. The average Bonchev–Trinajstić information content (AvgIpc) is 2.62. The van der Waals surface area contributed by atoms with Gasteiger partial charge in [-0.15, -0.1) is 0 Å². The summed E-state index contributed by atoms with van der Waals surface area (Å²) in [7, 11) is 0. The molecule has 0 saturated heterocycles. The van der Waals surface area contributed by atoms with Crippen LogP contribution in [0, 0.1) is 5.92 Å². The lowest BCUT2D eigenvalue weighted by atomic mass is 9.88. The minimum Gasteiger partial charge on any atom is -0.369 e. The lowest BCUT2D eigenvalue weighted by molar-refractivity contribution is 0.392. The molecule has 1 saturated carbocycles. The Kier molecular flexibility index (Phi) is 3.63. The van der Waals surface area contributed by atoms with E-state index in [0.29, 0.717) is 5.96 Å². The molecule has 3 nitrogen and oxygen atoms in total. The lowest BCUT2D eigenvalue weighted by Crippen LogP contribution is -2.52. The largest absolute Gasteiger partial charge is 0.369 e. The Morgan fingerprint density at radius 1 is 1.30 bits per heavy atom. The van der Waals surface area contributed by atoms with Gasteiger partial charge in [-0.2, -0.15) is 0 Å². The number of nitrogens with two attached hydrogens (primary N) is 1. The minimum absolute atomic E-state index is 0.0415. The van der Waals surface area contributed by atoms with Gasteiger partial charge in [0.25, 0.3) is 0 Å². The summed E-state index contributed by atoms with van der Waals surface area (Å²) < 4.78 is 0. The van der Waals surface area contributed by atoms with Crippen molar-refractivity contribution in [3.05, 3.63) is 29.3 Å². The summed E-state index contributed by atoms with van der Waals surface area (Å²) in [6.07, 6.45) is 6.07.